The van der Waals surface area contributed by atoms with Gasteiger partial charge in [0.1, 0.15) is 0 Å². The number of amides is 1. The fourth-order valence-electron chi connectivity index (χ4n) is 2.43. The molecule has 1 aliphatic heterocycles. The lowest BCUT2D eigenvalue weighted by Crippen LogP contribution is -2.50. The van der Waals surface area contributed by atoms with E-state index in [-0.39, 0.29) is 29.6 Å². The van der Waals surface area contributed by atoms with Gasteiger partial charge in [-0.3, -0.25) is 14.9 Å². The number of nitro benzene ring substituents is 1. The summed E-state index contributed by atoms with van der Waals surface area (Å²) in [7, 11) is -3.80. The summed E-state index contributed by atoms with van der Waals surface area (Å²) in [6.07, 6.45) is 2.37. The average Bonchev–Trinajstić information content (AvgIpc) is 2.59. The summed E-state index contributed by atoms with van der Waals surface area (Å²) in [5.41, 5.74) is -0.262. The SMILES string of the molecule is CSCCC(=O)N1CCN(S(=O)(=O)c2cccc([N+](=O)[O-])c2)CC1. The smallest absolute Gasteiger partial charge is 0.270 e. The lowest BCUT2D eigenvalue weighted by atomic mass is 10.3. The minimum absolute atomic E-state index is 0.0248. The number of sulfonamides is 1. The maximum absolute atomic E-state index is 12.6. The maximum atomic E-state index is 12.6. The molecule has 10 heteroatoms. The van der Waals surface area contributed by atoms with Gasteiger partial charge in [0.05, 0.1) is 9.82 Å². The predicted octanol–water partition coefficient (Wildman–Crippen LogP) is 1.18. The summed E-state index contributed by atoms with van der Waals surface area (Å²) >= 11 is 1.59. The van der Waals surface area contributed by atoms with Gasteiger partial charge in [-0.1, -0.05) is 6.07 Å². The van der Waals surface area contributed by atoms with Crippen molar-refractivity contribution in [3.8, 4) is 0 Å². The zero-order valence-corrected chi connectivity index (χ0v) is 14.9. The Balaban J connectivity index is 2.06. The minimum Gasteiger partial charge on any atom is -0.340 e. The van der Waals surface area contributed by atoms with Crippen LogP contribution in [0.5, 0.6) is 0 Å². The first-order chi connectivity index (χ1) is 11.4. The molecule has 0 unspecified atom stereocenters. The van der Waals surface area contributed by atoms with E-state index in [1.54, 1.807) is 16.7 Å². The molecule has 1 aromatic rings. The average molecular weight is 373 g/mol. The van der Waals surface area contributed by atoms with Gasteiger partial charge >= 0.3 is 0 Å². The number of piperazine rings is 1. The van der Waals surface area contributed by atoms with E-state index in [4.69, 9.17) is 0 Å². The number of nitrogens with zero attached hydrogens (tertiary/aromatic N) is 3. The third-order valence-electron chi connectivity index (χ3n) is 3.78. The molecule has 2 rings (SSSR count). The molecule has 0 saturated carbocycles. The molecule has 0 aliphatic carbocycles. The topological polar surface area (TPSA) is 101 Å². The molecule has 132 valence electrons. The molecule has 1 heterocycles. The Morgan fingerprint density at radius 2 is 1.96 bits per heavy atom. The number of carbonyl (C=O) groups excluding carboxylic acids is 1. The fraction of sp³-hybridized carbons (Fsp3) is 0.500. The van der Waals surface area contributed by atoms with Crippen LogP contribution in [0.15, 0.2) is 29.2 Å². The third-order valence-corrected chi connectivity index (χ3v) is 6.28. The van der Waals surface area contributed by atoms with E-state index in [9.17, 15) is 23.3 Å². The molecule has 1 fully saturated rings. The molecular formula is C14H19N3O5S2. The van der Waals surface area contributed by atoms with E-state index >= 15 is 0 Å². The number of nitro groups is 1. The van der Waals surface area contributed by atoms with Crippen molar-refractivity contribution < 1.29 is 18.1 Å². The van der Waals surface area contributed by atoms with Crippen molar-refractivity contribution >= 4 is 33.4 Å². The Labute approximate surface area is 145 Å². The summed E-state index contributed by atoms with van der Waals surface area (Å²) in [6.45, 7) is 1.05. The van der Waals surface area contributed by atoms with Gasteiger partial charge in [0.25, 0.3) is 5.69 Å². The number of carbonyl (C=O) groups is 1. The predicted molar refractivity (Wildman–Crippen MR) is 91.4 cm³/mol. The van der Waals surface area contributed by atoms with Crippen molar-refractivity contribution in [3.05, 3.63) is 34.4 Å². The van der Waals surface area contributed by atoms with Crippen LogP contribution >= 0.6 is 11.8 Å². The van der Waals surface area contributed by atoms with Crippen LogP contribution < -0.4 is 0 Å². The maximum Gasteiger partial charge on any atom is 0.270 e. The Kier molecular flexibility index (Phi) is 6.19. The van der Waals surface area contributed by atoms with E-state index in [1.807, 2.05) is 6.26 Å². The number of rotatable bonds is 6. The molecule has 0 spiro atoms. The van der Waals surface area contributed by atoms with Gasteiger partial charge in [0.15, 0.2) is 0 Å². The highest BCUT2D eigenvalue weighted by atomic mass is 32.2. The Morgan fingerprint density at radius 1 is 1.29 bits per heavy atom. The second-order valence-electron chi connectivity index (χ2n) is 5.28. The highest BCUT2D eigenvalue weighted by molar-refractivity contribution is 7.98. The molecule has 0 aromatic heterocycles. The highest BCUT2D eigenvalue weighted by Crippen LogP contribution is 2.22. The number of non-ortho nitro benzene ring substituents is 1. The standard InChI is InChI=1S/C14H19N3O5S2/c1-23-10-5-14(18)15-6-8-16(9-7-15)24(21,22)13-4-2-3-12(11-13)17(19)20/h2-4,11H,5-10H2,1H3. The second-order valence-corrected chi connectivity index (χ2v) is 8.21. The fourth-order valence-corrected chi connectivity index (χ4v) is 4.27. The van der Waals surface area contributed by atoms with Crippen molar-refractivity contribution in [2.45, 2.75) is 11.3 Å². The normalized spacial score (nSPS) is 16.1. The summed E-state index contributed by atoms with van der Waals surface area (Å²) in [5, 5.41) is 10.8. The molecule has 8 nitrogen and oxygen atoms in total. The van der Waals surface area contributed by atoms with Crippen LogP contribution in [0.1, 0.15) is 6.42 Å². The van der Waals surface area contributed by atoms with Gasteiger partial charge in [-0.25, -0.2) is 8.42 Å². The minimum atomic E-state index is -3.80. The zero-order valence-electron chi connectivity index (χ0n) is 13.3. The van der Waals surface area contributed by atoms with Gasteiger partial charge in [0, 0.05) is 50.5 Å². The molecule has 1 amide bonds. The van der Waals surface area contributed by atoms with Gasteiger partial charge in [0.2, 0.25) is 15.9 Å². The Bertz CT molecular complexity index is 715. The van der Waals surface area contributed by atoms with E-state index in [0.29, 0.717) is 19.5 Å². The molecule has 1 saturated heterocycles. The van der Waals surface area contributed by atoms with Crippen LogP contribution in [0.25, 0.3) is 0 Å². The summed E-state index contributed by atoms with van der Waals surface area (Å²) in [5.74, 6) is 0.766. The lowest BCUT2D eigenvalue weighted by Gasteiger charge is -2.34. The number of thioether (sulfide) groups is 1. The van der Waals surface area contributed by atoms with Crippen LogP contribution in [0, 0.1) is 10.1 Å². The van der Waals surface area contributed by atoms with E-state index in [2.05, 4.69) is 0 Å². The third kappa shape index (κ3) is 4.25. The zero-order chi connectivity index (χ0) is 17.7. The quantitative estimate of drug-likeness (QED) is 0.548. The first kappa shape index (κ1) is 18.7. The Hall–Kier alpha value is -1.65. The lowest BCUT2D eigenvalue weighted by molar-refractivity contribution is -0.385. The number of hydrogen-bond donors (Lipinski definition) is 0. The van der Waals surface area contributed by atoms with Crippen LogP contribution in [-0.4, -0.2) is 66.6 Å². The second kappa shape index (κ2) is 7.95. The molecule has 0 N–H and O–H groups in total. The monoisotopic (exact) mass is 373 g/mol. The van der Waals surface area contributed by atoms with Crippen molar-refractivity contribution in [2.75, 3.05) is 38.2 Å². The Morgan fingerprint density at radius 3 is 2.54 bits per heavy atom. The largest absolute Gasteiger partial charge is 0.340 e. The molecular weight excluding hydrogens is 354 g/mol. The van der Waals surface area contributed by atoms with Crippen LogP contribution in [0.4, 0.5) is 5.69 Å². The first-order valence-electron chi connectivity index (χ1n) is 7.37. The van der Waals surface area contributed by atoms with Crippen molar-refractivity contribution in [1.82, 2.24) is 9.21 Å². The van der Waals surface area contributed by atoms with E-state index in [1.165, 1.54) is 22.5 Å². The van der Waals surface area contributed by atoms with E-state index < -0.39 is 14.9 Å². The molecule has 1 aromatic carbocycles. The highest BCUT2D eigenvalue weighted by Gasteiger charge is 2.30. The van der Waals surface area contributed by atoms with E-state index in [0.717, 1.165) is 11.8 Å². The van der Waals surface area contributed by atoms with Gasteiger partial charge < -0.3 is 4.90 Å². The van der Waals surface area contributed by atoms with Crippen molar-refractivity contribution in [3.63, 3.8) is 0 Å². The van der Waals surface area contributed by atoms with Gasteiger partial charge in [-0.2, -0.15) is 16.1 Å². The molecule has 24 heavy (non-hydrogen) atoms. The van der Waals surface area contributed by atoms with Gasteiger partial charge in [-0.05, 0) is 12.3 Å². The summed E-state index contributed by atoms with van der Waals surface area (Å²) in [6, 6.07) is 5.01. The van der Waals surface area contributed by atoms with Crippen LogP contribution in [-0.2, 0) is 14.8 Å². The summed E-state index contributed by atoms with van der Waals surface area (Å²) in [4.78, 5) is 23.7. The number of benzene rings is 1. The van der Waals surface area contributed by atoms with Crippen molar-refractivity contribution in [2.24, 2.45) is 0 Å². The molecule has 0 atom stereocenters. The van der Waals surface area contributed by atoms with Crippen LogP contribution in [0.3, 0.4) is 0 Å². The molecule has 0 bridgehead atoms. The molecule has 1 aliphatic rings. The van der Waals surface area contributed by atoms with Crippen LogP contribution in [0.2, 0.25) is 0 Å². The molecule has 0 radical (unpaired) electrons. The number of hydrogen-bond acceptors (Lipinski definition) is 6. The first-order valence-corrected chi connectivity index (χ1v) is 10.2. The van der Waals surface area contributed by atoms with Crippen molar-refractivity contribution in [1.29, 1.82) is 0 Å². The summed E-state index contributed by atoms with van der Waals surface area (Å²) < 4.78 is 26.5. The van der Waals surface area contributed by atoms with Gasteiger partial charge in [-0.15, -0.1) is 0 Å².